The molecule has 4 rings (SSSR count). The van der Waals surface area contributed by atoms with E-state index in [1.165, 1.54) is 7.11 Å². The highest BCUT2D eigenvalue weighted by molar-refractivity contribution is 5.98. The first-order chi connectivity index (χ1) is 17.0. The Bertz CT molecular complexity index is 1350. The molecule has 2 heterocycles. The maximum absolute atomic E-state index is 9.48. The lowest BCUT2D eigenvalue weighted by Gasteiger charge is -2.26. The van der Waals surface area contributed by atoms with E-state index in [1.807, 2.05) is 42.6 Å². The van der Waals surface area contributed by atoms with E-state index in [-0.39, 0.29) is 23.0 Å². The lowest BCUT2D eigenvalue weighted by molar-refractivity contribution is 0.211. The van der Waals surface area contributed by atoms with E-state index < -0.39 is 6.04 Å². The van der Waals surface area contributed by atoms with Gasteiger partial charge in [0.15, 0.2) is 17.7 Å². The minimum Gasteiger partial charge on any atom is -0.493 e. The Labute approximate surface area is 201 Å². The standard InChI is InChI=1S/C24H22N8O3/c1-33-18-11-14(7-8-17(18)35-10-9-34-15-5-3-2-4-6-15)21-19-20(27)16(12-25)22(28)31-23(19)32-24(30-21)29-13-26/h2-8,11,21H,9-10H2,1H3,(H6,27,28,29,30,31,32). The number of nitrogens with two attached hydrogens (primary N) is 2. The van der Waals surface area contributed by atoms with Gasteiger partial charge < -0.3 is 31.0 Å². The van der Waals surface area contributed by atoms with Gasteiger partial charge in [0, 0.05) is 5.56 Å². The van der Waals surface area contributed by atoms with Crippen LogP contribution in [0.2, 0.25) is 0 Å². The number of nitrogens with one attached hydrogen (secondary N) is 2. The molecule has 0 radical (unpaired) electrons. The summed E-state index contributed by atoms with van der Waals surface area (Å²) in [4.78, 5) is 8.80. The predicted octanol–water partition coefficient (Wildman–Crippen LogP) is 2.53. The summed E-state index contributed by atoms with van der Waals surface area (Å²) in [5.41, 5.74) is 13.5. The van der Waals surface area contributed by atoms with E-state index in [1.54, 1.807) is 18.2 Å². The van der Waals surface area contributed by atoms with Gasteiger partial charge in [0.05, 0.1) is 12.8 Å². The fourth-order valence-corrected chi connectivity index (χ4v) is 3.62. The molecule has 3 aromatic rings. The molecular weight excluding hydrogens is 448 g/mol. The Morgan fingerprint density at radius 1 is 1.06 bits per heavy atom. The summed E-state index contributed by atoms with van der Waals surface area (Å²) in [6, 6.07) is 16.0. The Hall–Kier alpha value is -5.16. The predicted molar refractivity (Wildman–Crippen MR) is 130 cm³/mol. The average Bonchev–Trinajstić information content (AvgIpc) is 2.87. The Kier molecular flexibility index (Phi) is 6.70. The van der Waals surface area contributed by atoms with E-state index in [9.17, 15) is 5.26 Å². The first-order valence-electron chi connectivity index (χ1n) is 10.5. The topological polar surface area (TPSA) is 177 Å². The third-order valence-electron chi connectivity index (χ3n) is 5.21. The highest BCUT2D eigenvalue weighted by Gasteiger charge is 2.30. The molecule has 0 fully saturated rings. The molecule has 2 aromatic carbocycles. The van der Waals surface area contributed by atoms with Gasteiger partial charge in [-0.1, -0.05) is 24.3 Å². The van der Waals surface area contributed by atoms with Crippen LogP contribution in [0.5, 0.6) is 17.2 Å². The minimum atomic E-state index is -0.688. The Morgan fingerprint density at radius 3 is 2.54 bits per heavy atom. The number of para-hydroxylation sites is 1. The molecule has 1 aliphatic heterocycles. The first-order valence-corrected chi connectivity index (χ1v) is 10.5. The third-order valence-corrected chi connectivity index (χ3v) is 5.21. The smallest absolute Gasteiger partial charge is 0.211 e. The zero-order valence-corrected chi connectivity index (χ0v) is 18.8. The molecule has 176 valence electrons. The molecule has 0 aliphatic carbocycles. The van der Waals surface area contributed by atoms with Crippen molar-refractivity contribution < 1.29 is 14.2 Å². The Balaban J connectivity index is 1.61. The van der Waals surface area contributed by atoms with E-state index in [2.05, 4.69) is 20.6 Å². The van der Waals surface area contributed by atoms with Gasteiger partial charge in [-0.25, -0.2) is 9.98 Å². The van der Waals surface area contributed by atoms with E-state index in [0.29, 0.717) is 41.7 Å². The second-order valence-corrected chi connectivity index (χ2v) is 7.32. The molecule has 11 heteroatoms. The monoisotopic (exact) mass is 470 g/mol. The van der Waals surface area contributed by atoms with Crippen LogP contribution in [-0.2, 0) is 0 Å². The number of hydrogen-bond acceptors (Lipinski definition) is 11. The van der Waals surface area contributed by atoms with Gasteiger partial charge in [-0.15, -0.1) is 0 Å². The molecule has 1 unspecified atom stereocenters. The summed E-state index contributed by atoms with van der Waals surface area (Å²) in [6.45, 7) is 0.654. The van der Waals surface area contributed by atoms with Gasteiger partial charge in [-0.2, -0.15) is 10.5 Å². The maximum Gasteiger partial charge on any atom is 0.211 e. The number of aromatic nitrogens is 1. The normalized spacial score (nSPS) is 13.8. The molecule has 11 nitrogen and oxygen atoms in total. The van der Waals surface area contributed by atoms with Crippen molar-refractivity contribution in [2.75, 3.05) is 37.1 Å². The molecule has 1 atom stereocenters. The number of nitrogen functional groups attached to an aromatic ring is 2. The first kappa shape index (κ1) is 23.0. The number of nitriles is 2. The van der Waals surface area contributed by atoms with Crippen molar-refractivity contribution >= 4 is 23.3 Å². The second-order valence-electron chi connectivity index (χ2n) is 7.32. The quantitative estimate of drug-likeness (QED) is 0.228. The zero-order chi connectivity index (χ0) is 24.8. The molecule has 0 saturated carbocycles. The van der Waals surface area contributed by atoms with Gasteiger partial charge in [-0.05, 0) is 29.8 Å². The van der Waals surface area contributed by atoms with E-state index in [0.717, 1.165) is 5.75 Å². The molecule has 0 bridgehead atoms. The largest absolute Gasteiger partial charge is 0.493 e. The summed E-state index contributed by atoms with van der Waals surface area (Å²) >= 11 is 0. The van der Waals surface area contributed by atoms with E-state index >= 15 is 0 Å². The van der Waals surface area contributed by atoms with Crippen LogP contribution in [0.3, 0.4) is 0 Å². The molecular formula is C24H22N8O3. The average molecular weight is 470 g/mol. The second kappa shape index (κ2) is 10.2. The molecule has 0 saturated heterocycles. The number of ether oxygens (including phenoxy) is 3. The van der Waals surface area contributed by atoms with Gasteiger partial charge >= 0.3 is 0 Å². The van der Waals surface area contributed by atoms with Crippen LogP contribution in [0, 0.1) is 22.8 Å². The van der Waals surface area contributed by atoms with Crippen LogP contribution in [0.25, 0.3) is 0 Å². The summed E-state index contributed by atoms with van der Waals surface area (Å²) in [5, 5.41) is 23.9. The summed E-state index contributed by atoms with van der Waals surface area (Å²) < 4.78 is 17.0. The van der Waals surface area contributed by atoms with Gasteiger partial charge in [0.2, 0.25) is 5.96 Å². The van der Waals surface area contributed by atoms with Crippen LogP contribution < -0.4 is 36.3 Å². The van der Waals surface area contributed by atoms with Gasteiger partial charge in [0.25, 0.3) is 0 Å². The van der Waals surface area contributed by atoms with Crippen LogP contribution in [0.1, 0.15) is 22.7 Å². The van der Waals surface area contributed by atoms with Crippen molar-refractivity contribution in [2.45, 2.75) is 6.04 Å². The van der Waals surface area contributed by atoms with Crippen LogP contribution in [0.15, 0.2) is 53.5 Å². The van der Waals surface area contributed by atoms with Gasteiger partial charge in [-0.3, -0.25) is 5.32 Å². The fraction of sp³-hybridized carbons (Fsp3) is 0.167. The lowest BCUT2D eigenvalue weighted by atomic mass is 9.95. The number of methoxy groups -OCH3 is 1. The van der Waals surface area contributed by atoms with Crippen molar-refractivity contribution in [3.8, 4) is 29.5 Å². The van der Waals surface area contributed by atoms with Crippen LogP contribution in [-0.4, -0.2) is 31.3 Å². The number of benzene rings is 2. The number of fused-ring (bicyclic) bond motifs is 1. The summed E-state index contributed by atoms with van der Waals surface area (Å²) in [6.07, 6.45) is 1.82. The highest BCUT2D eigenvalue weighted by atomic mass is 16.5. The van der Waals surface area contributed by atoms with E-state index in [4.69, 9.17) is 30.9 Å². The number of rotatable bonds is 7. The Morgan fingerprint density at radius 2 is 1.83 bits per heavy atom. The maximum atomic E-state index is 9.48. The summed E-state index contributed by atoms with van der Waals surface area (Å²) in [7, 11) is 1.53. The lowest BCUT2D eigenvalue weighted by Crippen LogP contribution is -2.32. The number of pyridine rings is 1. The molecule has 0 amide bonds. The molecule has 6 N–H and O–H groups in total. The van der Waals surface area contributed by atoms with Crippen molar-refractivity contribution in [1.29, 1.82) is 10.5 Å². The van der Waals surface area contributed by atoms with Crippen molar-refractivity contribution in [2.24, 2.45) is 4.99 Å². The van der Waals surface area contributed by atoms with Gasteiger partial charge in [0.1, 0.15) is 48.3 Å². The molecule has 1 aliphatic rings. The SMILES string of the molecule is COc1cc(C2N=C(NC#N)Nc3nc(N)c(C#N)c(N)c32)ccc1OCCOc1ccccc1. The van der Waals surface area contributed by atoms with Crippen molar-refractivity contribution in [3.05, 3.63) is 65.2 Å². The van der Waals surface area contributed by atoms with Crippen molar-refractivity contribution in [1.82, 2.24) is 10.3 Å². The van der Waals surface area contributed by atoms with Crippen molar-refractivity contribution in [3.63, 3.8) is 0 Å². The number of guanidine groups is 1. The highest BCUT2D eigenvalue weighted by Crippen LogP contribution is 2.42. The fourth-order valence-electron chi connectivity index (χ4n) is 3.62. The number of aliphatic imine (C=N–C) groups is 1. The third kappa shape index (κ3) is 4.79. The summed E-state index contributed by atoms with van der Waals surface area (Å²) in [5.74, 6) is 2.18. The van der Waals surface area contributed by atoms with Crippen LogP contribution in [0.4, 0.5) is 17.3 Å². The number of hydrogen-bond donors (Lipinski definition) is 4. The number of anilines is 3. The molecule has 0 spiro atoms. The zero-order valence-electron chi connectivity index (χ0n) is 18.8. The van der Waals surface area contributed by atoms with Crippen LogP contribution >= 0.6 is 0 Å². The molecule has 1 aromatic heterocycles. The number of nitrogens with zero attached hydrogens (tertiary/aromatic N) is 4. The minimum absolute atomic E-state index is 0.0211. The molecule has 35 heavy (non-hydrogen) atoms.